The molecule has 0 unspecified atom stereocenters. The Balaban J connectivity index is 3.79. The van der Waals surface area contributed by atoms with Gasteiger partial charge in [-0.05, 0) is 18.6 Å². The van der Waals surface area contributed by atoms with E-state index in [9.17, 15) is 4.79 Å². The first-order valence-electron chi connectivity index (χ1n) is 5.12. The largest absolute Gasteiger partial charge is 0.396 e. The van der Waals surface area contributed by atoms with E-state index in [0.29, 0.717) is 24.0 Å². The van der Waals surface area contributed by atoms with Gasteiger partial charge in [0.15, 0.2) is 0 Å². The van der Waals surface area contributed by atoms with E-state index in [-0.39, 0.29) is 12.5 Å². The SMILES string of the molecule is CCN(CCCO)C(=O)CSC(C)C. The Morgan fingerprint density at radius 2 is 2.14 bits per heavy atom. The molecule has 0 rings (SSSR count). The highest BCUT2D eigenvalue weighted by atomic mass is 32.2. The average Bonchev–Trinajstić information content (AvgIpc) is 2.16. The minimum atomic E-state index is 0.154. The topological polar surface area (TPSA) is 40.5 Å². The Morgan fingerprint density at radius 1 is 1.50 bits per heavy atom. The summed E-state index contributed by atoms with van der Waals surface area (Å²) in [6.07, 6.45) is 0.673. The number of rotatable bonds is 7. The minimum Gasteiger partial charge on any atom is -0.396 e. The van der Waals surface area contributed by atoms with E-state index in [1.54, 1.807) is 16.7 Å². The van der Waals surface area contributed by atoms with Crippen LogP contribution in [-0.2, 0) is 4.79 Å². The van der Waals surface area contributed by atoms with Crippen LogP contribution in [0.15, 0.2) is 0 Å². The molecule has 84 valence electrons. The van der Waals surface area contributed by atoms with Crippen LogP contribution >= 0.6 is 11.8 Å². The number of thioether (sulfide) groups is 1. The van der Waals surface area contributed by atoms with Gasteiger partial charge in [0.1, 0.15) is 0 Å². The van der Waals surface area contributed by atoms with Gasteiger partial charge in [0.2, 0.25) is 5.91 Å². The van der Waals surface area contributed by atoms with Crippen molar-refractivity contribution in [3.8, 4) is 0 Å². The van der Waals surface area contributed by atoms with Gasteiger partial charge in [0.25, 0.3) is 0 Å². The van der Waals surface area contributed by atoms with Crippen LogP contribution in [0.3, 0.4) is 0 Å². The Hall–Kier alpha value is -0.220. The van der Waals surface area contributed by atoms with Crippen molar-refractivity contribution >= 4 is 17.7 Å². The lowest BCUT2D eigenvalue weighted by atomic mass is 10.4. The van der Waals surface area contributed by atoms with E-state index in [0.717, 1.165) is 6.54 Å². The number of nitrogens with zero attached hydrogens (tertiary/aromatic N) is 1. The standard InChI is InChI=1S/C10H21NO2S/c1-4-11(6-5-7-12)10(13)8-14-9(2)3/h9,12H,4-8H2,1-3H3. The van der Waals surface area contributed by atoms with Gasteiger partial charge in [-0.15, -0.1) is 11.8 Å². The van der Waals surface area contributed by atoms with Crippen molar-refractivity contribution in [3.05, 3.63) is 0 Å². The Morgan fingerprint density at radius 3 is 2.57 bits per heavy atom. The molecule has 0 aliphatic rings. The molecule has 0 aliphatic heterocycles. The summed E-state index contributed by atoms with van der Waals surface area (Å²) in [7, 11) is 0. The second-order valence-electron chi connectivity index (χ2n) is 3.41. The van der Waals surface area contributed by atoms with Crippen LogP contribution in [0.4, 0.5) is 0 Å². The molecule has 0 fully saturated rings. The van der Waals surface area contributed by atoms with Crippen LogP contribution in [0.25, 0.3) is 0 Å². The van der Waals surface area contributed by atoms with E-state index >= 15 is 0 Å². The fourth-order valence-electron chi connectivity index (χ4n) is 1.05. The molecule has 14 heavy (non-hydrogen) atoms. The van der Waals surface area contributed by atoms with Crippen molar-refractivity contribution in [2.45, 2.75) is 32.4 Å². The van der Waals surface area contributed by atoms with E-state index < -0.39 is 0 Å². The molecule has 0 aliphatic carbocycles. The second kappa shape index (κ2) is 8.12. The molecule has 4 heteroatoms. The maximum atomic E-state index is 11.6. The molecule has 0 atom stereocenters. The van der Waals surface area contributed by atoms with E-state index in [4.69, 9.17) is 5.11 Å². The maximum Gasteiger partial charge on any atom is 0.232 e. The maximum absolute atomic E-state index is 11.6. The van der Waals surface area contributed by atoms with Crippen LogP contribution in [-0.4, -0.2) is 46.6 Å². The fourth-order valence-corrected chi connectivity index (χ4v) is 1.71. The quantitative estimate of drug-likeness (QED) is 0.703. The molecule has 0 heterocycles. The zero-order valence-corrected chi connectivity index (χ0v) is 10.1. The highest BCUT2D eigenvalue weighted by Crippen LogP contribution is 2.10. The first-order chi connectivity index (χ1) is 6.61. The van der Waals surface area contributed by atoms with Crippen LogP contribution in [0.1, 0.15) is 27.2 Å². The van der Waals surface area contributed by atoms with Gasteiger partial charge < -0.3 is 10.0 Å². The number of carbonyl (C=O) groups excluding carboxylic acids is 1. The summed E-state index contributed by atoms with van der Waals surface area (Å²) in [5, 5.41) is 9.16. The Kier molecular flexibility index (Phi) is 7.99. The van der Waals surface area contributed by atoms with Gasteiger partial charge in [-0.2, -0.15) is 0 Å². The number of amides is 1. The predicted octanol–water partition coefficient (Wildman–Crippen LogP) is 1.36. The third kappa shape index (κ3) is 6.27. The number of hydrogen-bond donors (Lipinski definition) is 1. The van der Waals surface area contributed by atoms with Gasteiger partial charge in [-0.1, -0.05) is 13.8 Å². The molecule has 0 saturated carbocycles. The molecule has 0 aromatic carbocycles. The van der Waals surface area contributed by atoms with Crippen LogP contribution < -0.4 is 0 Å². The van der Waals surface area contributed by atoms with Gasteiger partial charge in [0.05, 0.1) is 5.75 Å². The zero-order valence-electron chi connectivity index (χ0n) is 9.32. The highest BCUT2D eigenvalue weighted by Gasteiger charge is 2.11. The van der Waals surface area contributed by atoms with Gasteiger partial charge in [-0.3, -0.25) is 4.79 Å². The number of aliphatic hydroxyl groups is 1. The van der Waals surface area contributed by atoms with Gasteiger partial charge in [-0.25, -0.2) is 0 Å². The summed E-state index contributed by atoms with van der Waals surface area (Å²) >= 11 is 1.66. The molecule has 0 saturated heterocycles. The summed E-state index contributed by atoms with van der Waals surface area (Å²) in [4.78, 5) is 13.4. The van der Waals surface area contributed by atoms with Crippen molar-refractivity contribution in [1.82, 2.24) is 4.90 Å². The average molecular weight is 219 g/mol. The molecular formula is C10H21NO2S. The second-order valence-corrected chi connectivity index (χ2v) is 4.98. The zero-order chi connectivity index (χ0) is 11.0. The molecule has 0 radical (unpaired) electrons. The third-order valence-corrected chi connectivity index (χ3v) is 2.94. The van der Waals surface area contributed by atoms with Crippen molar-refractivity contribution in [2.75, 3.05) is 25.4 Å². The summed E-state index contributed by atoms with van der Waals surface area (Å²) in [6.45, 7) is 7.70. The van der Waals surface area contributed by atoms with E-state index in [2.05, 4.69) is 13.8 Å². The van der Waals surface area contributed by atoms with Crippen molar-refractivity contribution in [3.63, 3.8) is 0 Å². The van der Waals surface area contributed by atoms with Crippen molar-refractivity contribution in [1.29, 1.82) is 0 Å². The number of carbonyl (C=O) groups is 1. The lowest BCUT2D eigenvalue weighted by Gasteiger charge is -2.20. The van der Waals surface area contributed by atoms with E-state index in [1.165, 1.54) is 0 Å². The molecule has 0 aromatic rings. The number of hydrogen-bond acceptors (Lipinski definition) is 3. The minimum absolute atomic E-state index is 0.154. The normalized spacial score (nSPS) is 10.6. The van der Waals surface area contributed by atoms with Gasteiger partial charge in [0, 0.05) is 19.7 Å². The first-order valence-corrected chi connectivity index (χ1v) is 6.16. The molecule has 3 nitrogen and oxygen atoms in total. The predicted molar refractivity (Wildman–Crippen MR) is 61.6 cm³/mol. The fraction of sp³-hybridized carbons (Fsp3) is 0.900. The summed E-state index contributed by atoms with van der Waals surface area (Å²) in [5.74, 6) is 0.733. The smallest absolute Gasteiger partial charge is 0.232 e. The molecule has 0 aromatic heterocycles. The van der Waals surface area contributed by atoms with Crippen molar-refractivity contribution in [2.24, 2.45) is 0 Å². The molecule has 1 N–H and O–H groups in total. The lowest BCUT2D eigenvalue weighted by molar-refractivity contribution is -0.128. The highest BCUT2D eigenvalue weighted by molar-refractivity contribution is 8.00. The molecular weight excluding hydrogens is 198 g/mol. The first kappa shape index (κ1) is 13.8. The summed E-state index contributed by atoms with van der Waals surface area (Å²) in [5.41, 5.74) is 0. The Bertz CT molecular complexity index is 162. The van der Waals surface area contributed by atoms with Crippen LogP contribution in [0.2, 0.25) is 0 Å². The summed E-state index contributed by atoms with van der Waals surface area (Å²) in [6, 6.07) is 0. The van der Waals surface area contributed by atoms with Gasteiger partial charge >= 0.3 is 0 Å². The third-order valence-electron chi connectivity index (χ3n) is 1.86. The molecule has 1 amide bonds. The Labute approximate surface area is 90.9 Å². The molecule has 0 spiro atoms. The van der Waals surface area contributed by atoms with Crippen molar-refractivity contribution < 1.29 is 9.90 Å². The summed E-state index contributed by atoms with van der Waals surface area (Å²) < 4.78 is 0. The van der Waals surface area contributed by atoms with E-state index in [1.807, 2.05) is 6.92 Å². The lowest BCUT2D eigenvalue weighted by Crippen LogP contribution is -2.33. The monoisotopic (exact) mass is 219 g/mol. The van der Waals surface area contributed by atoms with Crippen LogP contribution in [0, 0.1) is 0 Å². The number of aliphatic hydroxyl groups excluding tert-OH is 1. The molecule has 0 bridgehead atoms. The van der Waals surface area contributed by atoms with Crippen LogP contribution in [0.5, 0.6) is 0 Å².